The van der Waals surface area contributed by atoms with Gasteiger partial charge in [-0.15, -0.1) is 0 Å². The highest BCUT2D eigenvalue weighted by atomic mass is 16.4. The molecule has 21 heavy (non-hydrogen) atoms. The second-order valence-corrected chi connectivity index (χ2v) is 6.59. The lowest BCUT2D eigenvalue weighted by molar-refractivity contribution is -0.145. The van der Waals surface area contributed by atoms with E-state index in [1.807, 2.05) is 0 Å². The molecule has 1 N–H and O–H groups in total. The van der Waals surface area contributed by atoms with Gasteiger partial charge < -0.3 is 5.11 Å². The highest BCUT2D eigenvalue weighted by Crippen LogP contribution is 2.48. The average molecular weight is 280 g/mol. The minimum atomic E-state index is -0.609. The number of allylic oxidation sites excluding steroid dienone is 3. The third-order valence-corrected chi connectivity index (χ3v) is 5.46. The summed E-state index contributed by atoms with van der Waals surface area (Å²) in [5.41, 5.74) is 5.19. The van der Waals surface area contributed by atoms with Gasteiger partial charge in [0.15, 0.2) is 0 Å². The van der Waals surface area contributed by atoms with E-state index in [1.165, 1.54) is 35.1 Å². The molecule has 0 radical (unpaired) electrons. The zero-order valence-corrected chi connectivity index (χ0v) is 12.1. The smallest absolute Gasteiger partial charge is 0.307 e. The quantitative estimate of drug-likeness (QED) is 0.842. The predicted octanol–water partition coefficient (Wildman–Crippen LogP) is 4.07. The zero-order valence-electron chi connectivity index (χ0n) is 12.1. The molecular weight excluding hydrogens is 260 g/mol. The third kappa shape index (κ3) is 2.05. The number of rotatable bonds is 1. The molecule has 1 aromatic carbocycles. The van der Waals surface area contributed by atoms with Crippen molar-refractivity contribution in [2.45, 2.75) is 32.1 Å². The minimum absolute atomic E-state index is 0.157. The zero-order chi connectivity index (χ0) is 14.4. The molecule has 0 spiro atoms. The molecule has 1 saturated carbocycles. The molecular formula is C19H20O2. The van der Waals surface area contributed by atoms with Crippen molar-refractivity contribution in [2.24, 2.45) is 17.8 Å². The Morgan fingerprint density at radius 3 is 2.81 bits per heavy atom. The van der Waals surface area contributed by atoms with Crippen LogP contribution in [0.2, 0.25) is 0 Å². The first-order chi connectivity index (χ1) is 10.2. The van der Waals surface area contributed by atoms with Crippen molar-refractivity contribution >= 4 is 12.0 Å². The Morgan fingerprint density at radius 2 is 1.95 bits per heavy atom. The normalized spacial score (nSPS) is 30.4. The Kier molecular flexibility index (Phi) is 2.99. The minimum Gasteiger partial charge on any atom is -0.481 e. The largest absolute Gasteiger partial charge is 0.481 e. The van der Waals surface area contributed by atoms with E-state index in [2.05, 4.69) is 36.4 Å². The summed E-state index contributed by atoms with van der Waals surface area (Å²) in [6.45, 7) is 0. The van der Waals surface area contributed by atoms with Crippen molar-refractivity contribution in [3.05, 3.63) is 52.6 Å². The third-order valence-electron chi connectivity index (χ3n) is 5.46. The summed E-state index contributed by atoms with van der Waals surface area (Å²) in [6.07, 6.45) is 9.94. The van der Waals surface area contributed by atoms with Gasteiger partial charge in [0, 0.05) is 5.92 Å². The van der Waals surface area contributed by atoms with E-state index in [0.717, 1.165) is 19.3 Å². The summed E-state index contributed by atoms with van der Waals surface area (Å²) in [5, 5.41) is 9.81. The van der Waals surface area contributed by atoms with Crippen molar-refractivity contribution in [1.82, 2.24) is 0 Å². The molecule has 0 amide bonds. The molecule has 2 heteroatoms. The first-order valence-electron chi connectivity index (χ1n) is 7.97. The van der Waals surface area contributed by atoms with Crippen LogP contribution in [-0.2, 0) is 11.2 Å². The molecule has 4 rings (SSSR count). The van der Waals surface area contributed by atoms with Crippen LogP contribution in [0, 0.1) is 17.8 Å². The van der Waals surface area contributed by atoms with Gasteiger partial charge in [0.25, 0.3) is 0 Å². The second-order valence-electron chi connectivity index (χ2n) is 6.59. The van der Waals surface area contributed by atoms with Gasteiger partial charge in [-0.3, -0.25) is 4.79 Å². The molecule has 108 valence electrons. The summed E-state index contributed by atoms with van der Waals surface area (Å²) >= 11 is 0. The van der Waals surface area contributed by atoms with Gasteiger partial charge in [-0.2, -0.15) is 0 Å². The molecule has 0 heterocycles. The van der Waals surface area contributed by atoms with Crippen LogP contribution in [0.5, 0.6) is 0 Å². The molecule has 3 unspecified atom stereocenters. The lowest BCUT2D eigenvalue weighted by Gasteiger charge is -2.41. The van der Waals surface area contributed by atoms with Crippen LogP contribution in [0.4, 0.5) is 0 Å². The van der Waals surface area contributed by atoms with Gasteiger partial charge in [-0.05, 0) is 48.3 Å². The molecule has 0 aliphatic heterocycles. The van der Waals surface area contributed by atoms with Gasteiger partial charge in [0.1, 0.15) is 0 Å². The van der Waals surface area contributed by atoms with Crippen molar-refractivity contribution in [3.8, 4) is 0 Å². The molecule has 3 aliphatic rings. The van der Waals surface area contributed by atoms with E-state index in [0.29, 0.717) is 0 Å². The highest BCUT2D eigenvalue weighted by molar-refractivity contribution is 5.76. The van der Waals surface area contributed by atoms with Gasteiger partial charge in [-0.1, -0.05) is 48.4 Å². The number of aliphatic carboxylic acids is 1. The van der Waals surface area contributed by atoms with Gasteiger partial charge in [-0.25, -0.2) is 0 Å². The molecule has 3 atom stereocenters. The van der Waals surface area contributed by atoms with Gasteiger partial charge in [0.05, 0.1) is 5.92 Å². The molecule has 3 aliphatic carbocycles. The summed E-state index contributed by atoms with van der Waals surface area (Å²) in [4.78, 5) is 11.9. The number of fused-ring (bicyclic) bond motifs is 3. The van der Waals surface area contributed by atoms with Crippen LogP contribution >= 0.6 is 0 Å². The fraction of sp³-hybridized carbons (Fsp3) is 0.421. The molecule has 0 bridgehead atoms. The Hall–Kier alpha value is -1.83. The van der Waals surface area contributed by atoms with E-state index in [-0.39, 0.29) is 17.8 Å². The van der Waals surface area contributed by atoms with Crippen molar-refractivity contribution in [1.29, 1.82) is 0 Å². The fourth-order valence-electron chi connectivity index (χ4n) is 4.48. The van der Waals surface area contributed by atoms with Crippen molar-refractivity contribution in [2.75, 3.05) is 0 Å². The number of carboxylic acid groups (broad SMARTS) is 1. The van der Waals surface area contributed by atoms with Gasteiger partial charge in [0.2, 0.25) is 0 Å². The molecule has 1 fully saturated rings. The van der Waals surface area contributed by atoms with Crippen LogP contribution in [-0.4, -0.2) is 11.1 Å². The maximum atomic E-state index is 11.9. The van der Waals surface area contributed by atoms with Crippen LogP contribution in [0.25, 0.3) is 6.08 Å². The molecule has 0 saturated heterocycles. The Bertz CT molecular complexity index is 653. The Balaban J connectivity index is 1.83. The van der Waals surface area contributed by atoms with Crippen molar-refractivity contribution in [3.63, 3.8) is 0 Å². The lowest BCUT2D eigenvalue weighted by Crippen LogP contribution is -2.39. The van der Waals surface area contributed by atoms with E-state index in [1.54, 1.807) is 0 Å². The van der Waals surface area contributed by atoms with E-state index in [9.17, 15) is 9.90 Å². The SMILES string of the molecule is O=C(O)C1C2Cc3ccccc3C=C2C=C2CCCCC21. The van der Waals surface area contributed by atoms with Crippen molar-refractivity contribution < 1.29 is 9.90 Å². The number of hydrogen-bond acceptors (Lipinski definition) is 1. The molecule has 0 aromatic heterocycles. The number of carbonyl (C=O) groups is 1. The second kappa shape index (κ2) is 4.87. The Morgan fingerprint density at radius 1 is 1.10 bits per heavy atom. The average Bonchev–Trinajstić information content (AvgIpc) is 2.50. The van der Waals surface area contributed by atoms with E-state index in [4.69, 9.17) is 0 Å². The summed E-state index contributed by atoms with van der Waals surface area (Å²) in [5.74, 6) is -0.416. The first-order valence-corrected chi connectivity index (χ1v) is 7.97. The predicted molar refractivity (Wildman–Crippen MR) is 82.8 cm³/mol. The number of hydrogen-bond donors (Lipinski definition) is 1. The van der Waals surface area contributed by atoms with Crippen LogP contribution in [0.15, 0.2) is 41.5 Å². The summed E-state index contributed by atoms with van der Waals surface area (Å²) in [7, 11) is 0. The van der Waals surface area contributed by atoms with Crippen LogP contribution in [0.3, 0.4) is 0 Å². The monoisotopic (exact) mass is 280 g/mol. The topological polar surface area (TPSA) is 37.3 Å². The molecule has 2 nitrogen and oxygen atoms in total. The van der Waals surface area contributed by atoms with Crippen LogP contribution in [0.1, 0.15) is 36.8 Å². The van der Waals surface area contributed by atoms with E-state index < -0.39 is 5.97 Å². The number of carboxylic acids is 1. The van der Waals surface area contributed by atoms with Gasteiger partial charge >= 0.3 is 5.97 Å². The maximum Gasteiger partial charge on any atom is 0.307 e. The lowest BCUT2D eigenvalue weighted by atomic mass is 9.62. The fourth-order valence-corrected chi connectivity index (χ4v) is 4.48. The standard InChI is InChI=1S/C19H20O2/c20-19(21)18-16-8-4-3-7-14(16)10-15-9-12-5-1-2-6-13(12)11-17(15)18/h1-2,5-6,9-10,16-18H,3-4,7-8,11H2,(H,20,21). The Labute approximate surface area is 125 Å². The highest BCUT2D eigenvalue weighted by Gasteiger charge is 2.43. The van der Waals surface area contributed by atoms with E-state index >= 15 is 0 Å². The maximum absolute atomic E-state index is 11.9. The molecule has 1 aromatic rings. The van der Waals surface area contributed by atoms with Crippen LogP contribution < -0.4 is 0 Å². The number of benzene rings is 1. The first kappa shape index (κ1) is 12.9. The summed E-state index contributed by atoms with van der Waals surface area (Å²) in [6, 6.07) is 8.39. The summed E-state index contributed by atoms with van der Waals surface area (Å²) < 4.78 is 0.